The number of hydrogen-bond donors (Lipinski definition) is 1. The van der Waals surface area contributed by atoms with Gasteiger partial charge < -0.3 is 19.7 Å². The van der Waals surface area contributed by atoms with Gasteiger partial charge >= 0.3 is 0 Å². The molecular formula is C19H21FN2O4. The van der Waals surface area contributed by atoms with E-state index < -0.39 is 5.91 Å². The molecule has 0 saturated heterocycles. The van der Waals surface area contributed by atoms with Crippen LogP contribution >= 0.6 is 0 Å². The van der Waals surface area contributed by atoms with E-state index in [4.69, 9.17) is 9.47 Å². The van der Waals surface area contributed by atoms with Crippen molar-refractivity contribution >= 4 is 11.8 Å². The molecule has 7 heteroatoms. The van der Waals surface area contributed by atoms with Gasteiger partial charge in [-0.05, 0) is 35.9 Å². The lowest BCUT2D eigenvalue weighted by atomic mass is 10.2. The van der Waals surface area contributed by atoms with Crippen molar-refractivity contribution in [3.05, 3.63) is 59.4 Å². The summed E-state index contributed by atoms with van der Waals surface area (Å²) < 4.78 is 23.2. The van der Waals surface area contributed by atoms with Crippen molar-refractivity contribution in [3.63, 3.8) is 0 Å². The van der Waals surface area contributed by atoms with E-state index in [1.54, 1.807) is 37.4 Å². The molecular weight excluding hydrogens is 339 g/mol. The van der Waals surface area contributed by atoms with Crippen molar-refractivity contribution in [1.82, 2.24) is 10.2 Å². The van der Waals surface area contributed by atoms with Gasteiger partial charge in [-0.3, -0.25) is 9.59 Å². The number of carbonyl (C=O) groups is 2. The van der Waals surface area contributed by atoms with Crippen LogP contribution < -0.4 is 14.8 Å². The Kier molecular flexibility index (Phi) is 6.54. The number of amides is 2. The van der Waals surface area contributed by atoms with Gasteiger partial charge in [0.1, 0.15) is 5.82 Å². The van der Waals surface area contributed by atoms with E-state index in [1.165, 1.54) is 31.3 Å². The molecule has 0 aliphatic rings. The number of nitrogens with one attached hydrogen (secondary N) is 1. The molecule has 2 rings (SSSR count). The zero-order valence-electron chi connectivity index (χ0n) is 14.9. The Morgan fingerprint density at radius 3 is 2.31 bits per heavy atom. The van der Waals surface area contributed by atoms with E-state index in [2.05, 4.69) is 5.32 Å². The van der Waals surface area contributed by atoms with Gasteiger partial charge in [0.25, 0.3) is 5.91 Å². The van der Waals surface area contributed by atoms with E-state index in [1.807, 2.05) is 0 Å². The molecule has 2 amide bonds. The van der Waals surface area contributed by atoms with Gasteiger partial charge in [-0.2, -0.15) is 0 Å². The molecule has 0 radical (unpaired) electrons. The van der Waals surface area contributed by atoms with E-state index in [0.29, 0.717) is 23.6 Å². The Hall–Kier alpha value is -3.09. The van der Waals surface area contributed by atoms with Crippen molar-refractivity contribution in [2.24, 2.45) is 0 Å². The monoisotopic (exact) mass is 360 g/mol. The first kappa shape index (κ1) is 19.2. The average Bonchev–Trinajstić information content (AvgIpc) is 2.66. The van der Waals surface area contributed by atoms with E-state index in [0.717, 1.165) is 5.56 Å². The van der Waals surface area contributed by atoms with E-state index in [-0.39, 0.29) is 18.3 Å². The summed E-state index contributed by atoms with van der Waals surface area (Å²) in [5, 5.41) is 2.58. The lowest BCUT2D eigenvalue weighted by molar-refractivity contribution is -0.129. The van der Waals surface area contributed by atoms with Gasteiger partial charge in [-0.15, -0.1) is 0 Å². The van der Waals surface area contributed by atoms with Crippen molar-refractivity contribution < 1.29 is 23.5 Å². The highest BCUT2D eigenvalue weighted by atomic mass is 19.1. The SMILES string of the molecule is COc1ccc(C(=O)NCC(=O)N(C)Cc2ccc(F)cc2)cc1OC. The van der Waals surface area contributed by atoms with Crippen LogP contribution in [0, 0.1) is 5.82 Å². The first-order valence-electron chi connectivity index (χ1n) is 7.93. The molecule has 2 aromatic carbocycles. The molecule has 1 N–H and O–H groups in total. The number of halogens is 1. The largest absolute Gasteiger partial charge is 0.493 e. The molecule has 138 valence electrons. The summed E-state index contributed by atoms with van der Waals surface area (Å²) in [4.78, 5) is 25.8. The first-order valence-corrected chi connectivity index (χ1v) is 7.93. The highest BCUT2D eigenvalue weighted by molar-refractivity contribution is 5.97. The van der Waals surface area contributed by atoms with Crippen LogP contribution in [0.15, 0.2) is 42.5 Å². The summed E-state index contributed by atoms with van der Waals surface area (Å²) >= 11 is 0. The number of benzene rings is 2. The van der Waals surface area contributed by atoms with Crippen molar-refractivity contribution in [2.75, 3.05) is 27.8 Å². The van der Waals surface area contributed by atoms with Crippen LogP contribution in [-0.2, 0) is 11.3 Å². The molecule has 26 heavy (non-hydrogen) atoms. The number of methoxy groups -OCH3 is 2. The highest BCUT2D eigenvalue weighted by Crippen LogP contribution is 2.27. The molecule has 0 saturated carbocycles. The zero-order valence-corrected chi connectivity index (χ0v) is 14.9. The second-order valence-electron chi connectivity index (χ2n) is 5.63. The summed E-state index contributed by atoms with van der Waals surface area (Å²) in [6.45, 7) is 0.177. The molecule has 0 aliphatic carbocycles. The zero-order chi connectivity index (χ0) is 19.1. The Labute approximate surface area is 151 Å². The summed E-state index contributed by atoms with van der Waals surface area (Å²) in [6, 6.07) is 10.7. The number of nitrogens with zero attached hydrogens (tertiary/aromatic N) is 1. The molecule has 0 unspecified atom stereocenters. The third-order valence-electron chi connectivity index (χ3n) is 3.80. The Bertz CT molecular complexity index is 778. The van der Waals surface area contributed by atoms with Gasteiger partial charge in [-0.1, -0.05) is 12.1 Å². The van der Waals surface area contributed by atoms with Gasteiger partial charge in [0.15, 0.2) is 11.5 Å². The summed E-state index contributed by atoms with van der Waals surface area (Å²) in [7, 11) is 4.61. The minimum absolute atomic E-state index is 0.148. The molecule has 6 nitrogen and oxygen atoms in total. The quantitative estimate of drug-likeness (QED) is 0.822. The van der Waals surface area contributed by atoms with Gasteiger partial charge in [-0.25, -0.2) is 4.39 Å². The van der Waals surface area contributed by atoms with Gasteiger partial charge in [0.2, 0.25) is 5.91 Å². The fourth-order valence-electron chi connectivity index (χ4n) is 2.32. The van der Waals surface area contributed by atoms with E-state index >= 15 is 0 Å². The molecule has 0 fully saturated rings. The summed E-state index contributed by atoms with van der Waals surface area (Å²) in [5.41, 5.74) is 1.16. The summed E-state index contributed by atoms with van der Waals surface area (Å²) in [5.74, 6) is -0.0402. The topological polar surface area (TPSA) is 67.9 Å². The Morgan fingerprint density at radius 2 is 1.69 bits per heavy atom. The van der Waals surface area contributed by atoms with Crippen molar-refractivity contribution in [2.45, 2.75) is 6.54 Å². The molecule has 0 heterocycles. The fraction of sp³-hybridized carbons (Fsp3) is 0.263. The average molecular weight is 360 g/mol. The van der Waals surface area contributed by atoms with Gasteiger partial charge in [0.05, 0.1) is 20.8 Å². The fourth-order valence-corrected chi connectivity index (χ4v) is 2.32. The van der Waals surface area contributed by atoms with Crippen molar-refractivity contribution in [3.8, 4) is 11.5 Å². The predicted molar refractivity (Wildman–Crippen MR) is 94.8 cm³/mol. The normalized spacial score (nSPS) is 10.2. The number of hydrogen-bond acceptors (Lipinski definition) is 4. The minimum atomic E-state index is -0.394. The maximum atomic E-state index is 12.9. The third kappa shape index (κ3) is 4.95. The first-order chi connectivity index (χ1) is 12.4. The standard InChI is InChI=1S/C19H21FN2O4/c1-22(12-13-4-7-15(20)8-5-13)18(23)11-21-19(24)14-6-9-16(25-2)17(10-14)26-3/h4-10H,11-12H2,1-3H3,(H,21,24). The molecule has 0 bridgehead atoms. The maximum Gasteiger partial charge on any atom is 0.251 e. The van der Waals surface area contributed by atoms with Crippen LogP contribution in [0.1, 0.15) is 15.9 Å². The summed E-state index contributed by atoms with van der Waals surface area (Å²) in [6.07, 6.45) is 0. The molecule has 0 spiro atoms. The molecule has 0 aromatic heterocycles. The van der Waals surface area contributed by atoms with Crippen LogP contribution in [0.3, 0.4) is 0 Å². The third-order valence-corrected chi connectivity index (χ3v) is 3.80. The number of ether oxygens (including phenoxy) is 2. The smallest absolute Gasteiger partial charge is 0.251 e. The van der Waals surface area contributed by atoms with Crippen LogP contribution in [-0.4, -0.2) is 44.5 Å². The molecule has 0 aliphatic heterocycles. The minimum Gasteiger partial charge on any atom is -0.493 e. The molecule has 2 aromatic rings. The molecule has 0 atom stereocenters. The number of rotatable bonds is 7. The highest BCUT2D eigenvalue weighted by Gasteiger charge is 2.14. The van der Waals surface area contributed by atoms with Crippen LogP contribution in [0.4, 0.5) is 4.39 Å². The predicted octanol–water partition coefficient (Wildman–Crippen LogP) is 2.23. The Morgan fingerprint density at radius 1 is 1.04 bits per heavy atom. The van der Waals surface area contributed by atoms with Crippen LogP contribution in [0.25, 0.3) is 0 Å². The van der Waals surface area contributed by atoms with Gasteiger partial charge in [0, 0.05) is 19.2 Å². The maximum absolute atomic E-state index is 12.9. The number of carbonyl (C=O) groups excluding carboxylic acids is 2. The van der Waals surface area contributed by atoms with Crippen LogP contribution in [0.5, 0.6) is 11.5 Å². The number of likely N-dealkylation sites (N-methyl/N-ethyl adjacent to an activating group) is 1. The lowest BCUT2D eigenvalue weighted by Gasteiger charge is -2.18. The van der Waals surface area contributed by atoms with Crippen LogP contribution in [0.2, 0.25) is 0 Å². The Balaban J connectivity index is 1.91. The second-order valence-corrected chi connectivity index (χ2v) is 5.63. The lowest BCUT2D eigenvalue weighted by Crippen LogP contribution is -2.37. The van der Waals surface area contributed by atoms with Crippen molar-refractivity contribution in [1.29, 1.82) is 0 Å². The second kappa shape index (κ2) is 8.84. The van der Waals surface area contributed by atoms with E-state index in [9.17, 15) is 14.0 Å².